The highest BCUT2D eigenvalue weighted by Crippen LogP contribution is 2.17. The summed E-state index contributed by atoms with van der Waals surface area (Å²) in [7, 11) is 2.34. The maximum atomic E-state index is 12.2. The van der Waals surface area contributed by atoms with Gasteiger partial charge in [0, 0.05) is 14.1 Å². The molecule has 0 aromatic carbocycles. The first-order chi connectivity index (χ1) is 8.97. The molecular weight excluding hydrogens is 266 g/mol. The first-order valence-electron chi connectivity index (χ1n) is 5.57. The van der Waals surface area contributed by atoms with Gasteiger partial charge in [0.2, 0.25) is 11.9 Å². The van der Waals surface area contributed by atoms with E-state index in [1.807, 2.05) is 0 Å². The molecule has 0 aliphatic carbocycles. The number of hydrogen-bond acceptors (Lipinski definition) is 7. The van der Waals surface area contributed by atoms with Crippen LogP contribution in [0.15, 0.2) is 21.6 Å². The van der Waals surface area contributed by atoms with E-state index in [1.165, 1.54) is 6.26 Å². The molecule has 0 radical (unpaired) electrons. The van der Waals surface area contributed by atoms with E-state index in [0.29, 0.717) is 22.4 Å². The molecule has 0 spiro atoms. The second kappa shape index (κ2) is 5.35. The lowest BCUT2D eigenvalue weighted by Gasteiger charge is -2.11. The quantitative estimate of drug-likeness (QED) is 0.882. The van der Waals surface area contributed by atoms with E-state index < -0.39 is 10.8 Å². The van der Waals surface area contributed by atoms with E-state index in [9.17, 15) is 4.21 Å². The van der Waals surface area contributed by atoms with E-state index in [0.717, 1.165) is 0 Å². The van der Waals surface area contributed by atoms with Crippen LogP contribution in [-0.2, 0) is 16.6 Å². The Balaban J connectivity index is 2.24. The number of nitrogens with zero attached hydrogens (tertiary/aromatic N) is 4. The fourth-order valence-corrected chi connectivity index (χ4v) is 2.59. The van der Waals surface area contributed by atoms with Gasteiger partial charge in [0.25, 0.3) is 0 Å². The number of furan rings is 1. The SMILES string of the molecule is Cc1occc1S(=O)Cc1nc(N)nc(N(C)C)n1. The zero-order valence-electron chi connectivity index (χ0n) is 11.0. The number of nitrogens with two attached hydrogens (primary N) is 1. The van der Waals surface area contributed by atoms with Gasteiger partial charge in [-0.1, -0.05) is 0 Å². The first-order valence-corrected chi connectivity index (χ1v) is 6.89. The van der Waals surface area contributed by atoms with Crippen molar-refractivity contribution in [1.29, 1.82) is 0 Å². The van der Waals surface area contributed by atoms with E-state index >= 15 is 0 Å². The monoisotopic (exact) mass is 281 g/mol. The average Bonchev–Trinajstić information content (AvgIpc) is 2.74. The molecule has 2 aromatic rings. The van der Waals surface area contributed by atoms with Crippen molar-refractivity contribution in [2.75, 3.05) is 24.7 Å². The molecule has 1 unspecified atom stereocenters. The lowest BCUT2D eigenvalue weighted by atomic mass is 10.5. The molecule has 0 aliphatic heterocycles. The summed E-state index contributed by atoms with van der Waals surface area (Å²) in [5.74, 6) is 1.77. The number of nitrogen functional groups attached to an aromatic ring is 1. The van der Waals surface area contributed by atoms with Gasteiger partial charge in [-0.3, -0.25) is 4.21 Å². The van der Waals surface area contributed by atoms with Crippen molar-refractivity contribution in [2.45, 2.75) is 17.6 Å². The van der Waals surface area contributed by atoms with Crippen molar-refractivity contribution in [2.24, 2.45) is 0 Å². The summed E-state index contributed by atoms with van der Waals surface area (Å²) in [6.07, 6.45) is 1.51. The molecule has 0 bridgehead atoms. The standard InChI is InChI=1S/C11H15N5O2S/c1-7-8(4-5-18-7)19(17)6-9-13-10(12)15-11(14-9)16(2)3/h4-5H,6H2,1-3H3,(H2,12,13,14,15). The molecule has 102 valence electrons. The molecule has 0 amide bonds. The molecule has 1 atom stereocenters. The third-order valence-electron chi connectivity index (χ3n) is 2.40. The van der Waals surface area contributed by atoms with Gasteiger partial charge in [-0.2, -0.15) is 15.0 Å². The molecule has 0 saturated carbocycles. The van der Waals surface area contributed by atoms with Crippen molar-refractivity contribution in [3.63, 3.8) is 0 Å². The van der Waals surface area contributed by atoms with Gasteiger partial charge >= 0.3 is 0 Å². The van der Waals surface area contributed by atoms with Crippen LogP contribution < -0.4 is 10.6 Å². The summed E-state index contributed by atoms with van der Waals surface area (Å²) in [5, 5.41) is 0. The minimum Gasteiger partial charge on any atom is -0.468 e. The van der Waals surface area contributed by atoms with Crippen molar-refractivity contribution in [1.82, 2.24) is 15.0 Å². The highest BCUT2D eigenvalue weighted by Gasteiger charge is 2.14. The van der Waals surface area contributed by atoms with Crippen LogP contribution in [0.4, 0.5) is 11.9 Å². The molecule has 2 N–H and O–H groups in total. The maximum Gasteiger partial charge on any atom is 0.229 e. The Morgan fingerprint density at radius 2 is 2.11 bits per heavy atom. The zero-order chi connectivity index (χ0) is 14.0. The van der Waals surface area contributed by atoms with Crippen LogP contribution in [0.1, 0.15) is 11.6 Å². The fourth-order valence-electron chi connectivity index (χ4n) is 1.49. The number of aryl methyl sites for hydroxylation is 1. The molecule has 2 rings (SSSR count). The van der Waals surface area contributed by atoms with E-state index in [-0.39, 0.29) is 11.7 Å². The van der Waals surface area contributed by atoms with E-state index in [4.69, 9.17) is 10.2 Å². The van der Waals surface area contributed by atoms with Crippen molar-refractivity contribution < 1.29 is 8.63 Å². The fraction of sp³-hybridized carbons (Fsp3) is 0.364. The van der Waals surface area contributed by atoms with E-state index in [2.05, 4.69) is 15.0 Å². The summed E-state index contributed by atoms with van der Waals surface area (Å²) in [5.41, 5.74) is 5.62. The van der Waals surface area contributed by atoms with Crippen molar-refractivity contribution in [3.8, 4) is 0 Å². The number of aromatic nitrogens is 3. The van der Waals surface area contributed by atoms with Crippen molar-refractivity contribution >= 4 is 22.7 Å². The summed E-state index contributed by atoms with van der Waals surface area (Å²) in [6, 6.07) is 1.68. The largest absolute Gasteiger partial charge is 0.468 e. The zero-order valence-corrected chi connectivity index (χ0v) is 11.8. The third-order valence-corrected chi connectivity index (χ3v) is 3.84. The van der Waals surface area contributed by atoms with Crippen LogP contribution in [0, 0.1) is 6.92 Å². The predicted octanol–water partition coefficient (Wildman–Crippen LogP) is 0.729. The molecule has 0 aliphatic rings. The molecule has 2 aromatic heterocycles. The lowest BCUT2D eigenvalue weighted by Crippen LogP contribution is -2.16. The van der Waals surface area contributed by atoms with Gasteiger partial charge in [-0.25, -0.2) is 0 Å². The minimum atomic E-state index is -1.27. The first kappa shape index (κ1) is 13.5. The van der Waals surface area contributed by atoms with Crippen LogP contribution in [-0.4, -0.2) is 33.3 Å². The molecule has 8 heteroatoms. The predicted molar refractivity (Wildman–Crippen MR) is 72.1 cm³/mol. The molecule has 2 heterocycles. The van der Waals surface area contributed by atoms with Gasteiger partial charge in [0.05, 0.1) is 27.7 Å². The van der Waals surface area contributed by atoms with Crippen LogP contribution in [0.2, 0.25) is 0 Å². The second-order valence-electron chi connectivity index (χ2n) is 4.14. The Morgan fingerprint density at radius 3 is 2.68 bits per heavy atom. The maximum absolute atomic E-state index is 12.2. The van der Waals surface area contributed by atoms with Crippen LogP contribution in [0.25, 0.3) is 0 Å². The Bertz CT molecular complexity index is 611. The van der Waals surface area contributed by atoms with Crippen molar-refractivity contribution in [3.05, 3.63) is 23.9 Å². The Morgan fingerprint density at radius 1 is 1.37 bits per heavy atom. The number of rotatable bonds is 4. The number of anilines is 2. The summed E-state index contributed by atoms with van der Waals surface area (Å²) in [6.45, 7) is 1.76. The van der Waals surface area contributed by atoms with Gasteiger partial charge in [0.1, 0.15) is 11.6 Å². The molecule has 19 heavy (non-hydrogen) atoms. The molecule has 7 nitrogen and oxygen atoms in total. The van der Waals surface area contributed by atoms with Gasteiger partial charge < -0.3 is 15.1 Å². The van der Waals surface area contributed by atoms with Crippen LogP contribution >= 0.6 is 0 Å². The Kier molecular flexibility index (Phi) is 3.79. The van der Waals surface area contributed by atoms with Crippen LogP contribution in [0.3, 0.4) is 0 Å². The number of hydrogen-bond donors (Lipinski definition) is 1. The minimum absolute atomic E-state index is 0.120. The lowest BCUT2D eigenvalue weighted by molar-refractivity contribution is 0.525. The van der Waals surface area contributed by atoms with E-state index in [1.54, 1.807) is 32.0 Å². The topological polar surface area (TPSA) is 98.1 Å². The second-order valence-corrected chi connectivity index (χ2v) is 5.55. The summed E-state index contributed by atoms with van der Waals surface area (Å²) < 4.78 is 17.3. The summed E-state index contributed by atoms with van der Waals surface area (Å²) >= 11 is 0. The highest BCUT2D eigenvalue weighted by atomic mass is 32.2. The highest BCUT2D eigenvalue weighted by molar-refractivity contribution is 7.84. The van der Waals surface area contributed by atoms with Gasteiger partial charge in [-0.15, -0.1) is 0 Å². The van der Waals surface area contributed by atoms with Gasteiger partial charge in [-0.05, 0) is 13.0 Å². The normalized spacial score (nSPS) is 12.4. The molecular formula is C11H15N5O2S. The average molecular weight is 281 g/mol. The Hall–Kier alpha value is -1.96. The van der Waals surface area contributed by atoms with Gasteiger partial charge in [0.15, 0.2) is 0 Å². The Labute approximate surface area is 113 Å². The molecule has 0 fully saturated rings. The van der Waals surface area contributed by atoms with Crippen LogP contribution in [0.5, 0.6) is 0 Å². The summed E-state index contributed by atoms with van der Waals surface area (Å²) in [4.78, 5) is 14.6. The molecule has 0 saturated heterocycles. The smallest absolute Gasteiger partial charge is 0.229 e. The third kappa shape index (κ3) is 3.08.